The van der Waals surface area contributed by atoms with E-state index in [4.69, 9.17) is 44.3 Å². The van der Waals surface area contributed by atoms with Crippen molar-refractivity contribution in [1.29, 1.82) is 0 Å². The van der Waals surface area contributed by atoms with Gasteiger partial charge in [0, 0.05) is 21.2 Å². The maximum Gasteiger partial charge on any atom is 0.271 e. The minimum Gasteiger partial charge on any atom is -0.490 e. The Morgan fingerprint density at radius 2 is 1.78 bits per heavy atom. The van der Waals surface area contributed by atoms with Gasteiger partial charge in [-0.15, -0.1) is 0 Å². The second kappa shape index (κ2) is 11.2. The summed E-state index contributed by atoms with van der Waals surface area (Å²) < 4.78 is 24.5. The molecule has 0 heterocycles. The topological polar surface area (TPSA) is 59.9 Å². The smallest absolute Gasteiger partial charge is 0.271 e. The van der Waals surface area contributed by atoms with E-state index in [1.807, 2.05) is 6.92 Å². The molecule has 0 unspecified atom stereocenters. The lowest BCUT2D eigenvalue weighted by molar-refractivity contribution is 0.0955. The molecule has 32 heavy (non-hydrogen) atoms. The fraction of sp³-hybridized carbons (Fsp3) is 0.130. The number of nitrogens with zero attached hydrogens (tertiary/aromatic N) is 1. The third-order valence-electron chi connectivity index (χ3n) is 4.20. The number of rotatable bonds is 8. The van der Waals surface area contributed by atoms with E-state index in [0.29, 0.717) is 38.7 Å². The zero-order valence-corrected chi connectivity index (χ0v) is 19.1. The number of hydrogen-bond donors (Lipinski definition) is 1. The maximum atomic E-state index is 13.0. The minimum absolute atomic E-state index is 0.164. The molecule has 0 atom stereocenters. The second-order valence-electron chi connectivity index (χ2n) is 6.49. The monoisotopic (exact) mass is 494 g/mol. The van der Waals surface area contributed by atoms with Crippen molar-refractivity contribution in [1.82, 2.24) is 5.43 Å². The lowest BCUT2D eigenvalue weighted by Gasteiger charge is -2.15. The Morgan fingerprint density at radius 3 is 2.47 bits per heavy atom. The number of nitrogens with one attached hydrogen (secondary N) is 1. The van der Waals surface area contributed by atoms with Crippen LogP contribution in [0.25, 0.3) is 0 Å². The maximum absolute atomic E-state index is 13.0. The van der Waals surface area contributed by atoms with Crippen LogP contribution in [0.1, 0.15) is 28.4 Å². The van der Waals surface area contributed by atoms with Gasteiger partial charge in [-0.05, 0) is 61.0 Å². The van der Waals surface area contributed by atoms with E-state index >= 15 is 0 Å². The molecule has 3 aromatic rings. The Labute approximate surface area is 199 Å². The van der Waals surface area contributed by atoms with Crippen LogP contribution in [0.5, 0.6) is 11.5 Å². The molecule has 9 heteroatoms. The summed E-state index contributed by atoms with van der Waals surface area (Å²) in [5.74, 6) is -0.135. The van der Waals surface area contributed by atoms with Gasteiger partial charge in [0.05, 0.1) is 17.8 Å². The number of hydrogen-bond acceptors (Lipinski definition) is 4. The third-order valence-corrected chi connectivity index (χ3v) is 5.07. The van der Waals surface area contributed by atoms with E-state index in [1.54, 1.807) is 30.3 Å². The Balaban J connectivity index is 1.73. The van der Waals surface area contributed by atoms with E-state index in [0.717, 1.165) is 5.56 Å². The van der Waals surface area contributed by atoms with Crippen molar-refractivity contribution >= 4 is 46.9 Å². The third kappa shape index (κ3) is 6.36. The van der Waals surface area contributed by atoms with Crippen molar-refractivity contribution in [3.8, 4) is 11.5 Å². The summed E-state index contributed by atoms with van der Waals surface area (Å²) in [6, 6.07) is 13.5. The fourth-order valence-corrected chi connectivity index (χ4v) is 3.42. The molecule has 0 spiro atoms. The number of hydrazone groups is 1. The lowest BCUT2D eigenvalue weighted by atomic mass is 10.2. The molecule has 0 saturated carbocycles. The molecule has 0 aliphatic rings. The van der Waals surface area contributed by atoms with Crippen molar-refractivity contribution in [3.05, 3.63) is 92.2 Å². The molecule has 3 rings (SSSR count). The molecule has 0 bridgehead atoms. The van der Waals surface area contributed by atoms with E-state index < -0.39 is 11.7 Å². The number of benzene rings is 3. The largest absolute Gasteiger partial charge is 0.490 e. The van der Waals surface area contributed by atoms with Gasteiger partial charge < -0.3 is 9.47 Å². The second-order valence-corrected chi connectivity index (χ2v) is 7.74. The number of ether oxygens (including phenoxy) is 2. The van der Waals surface area contributed by atoms with Gasteiger partial charge in [0.1, 0.15) is 12.4 Å². The summed E-state index contributed by atoms with van der Waals surface area (Å²) in [7, 11) is 0. The molecule has 0 aromatic heterocycles. The lowest BCUT2D eigenvalue weighted by Crippen LogP contribution is -2.17. The van der Waals surface area contributed by atoms with Crippen LogP contribution in [0.15, 0.2) is 59.7 Å². The molecule has 0 aliphatic heterocycles. The predicted octanol–water partition coefficient (Wildman–Crippen LogP) is 6.53. The highest BCUT2D eigenvalue weighted by Gasteiger charge is 2.14. The van der Waals surface area contributed by atoms with Crippen LogP contribution in [-0.2, 0) is 6.61 Å². The van der Waals surface area contributed by atoms with Crippen LogP contribution in [-0.4, -0.2) is 18.7 Å². The standard InChI is InChI=1S/C23H18Cl3FN2O3/c1-2-31-21-10-14(12-28-29-23(30)15-4-7-18(27)8-5-15)9-20(26)22(21)32-13-16-3-6-17(24)11-19(16)25/h3-12H,2,13H2,1H3,(H,29,30)/b28-12-. The predicted molar refractivity (Wildman–Crippen MR) is 125 cm³/mol. The van der Waals surface area contributed by atoms with E-state index in [1.165, 1.54) is 30.5 Å². The van der Waals surface area contributed by atoms with Crippen molar-refractivity contribution in [3.63, 3.8) is 0 Å². The average molecular weight is 496 g/mol. The summed E-state index contributed by atoms with van der Waals surface area (Å²) in [5.41, 5.74) is 3.97. The zero-order chi connectivity index (χ0) is 23.1. The van der Waals surface area contributed by atoms with Gasteiger partial charge in [0.2, 0.25) is 0 Å². The van der Waals surface area contributed by atoms with Crippen LogP contribution in [0, 0.1) is 5.82 Å². The fourth-order valence-electron chi connectivity index (χ4n) is 2.69. The zero-order valence-electron chi connectivity index (χ0n) is 16.9. The first-order chi connectivity index (χ1) is 15.4. The normalized spacial score (nSPS) is 10.9. The Morgan fingerprint density at radius 1 is 1.03 bits per heavy atom. The summed E-state index contributed by atoms with van der Waals surface area (Å²) in [4.78, 5) is 12.1. The summed E-state index contributed by atoms with van der Waals surface area (Å²) in [6.07, 6.45) is 1.41. The van der Waals surface area contributed by atoms with Crippen LogP contribution in [0.3, 0.4) is 0 Å². The minimum atomic E-state index is -0.475. The highest BCUT2D eigenvalue weighted by Crippen LogP contribution is 2.37. The molecule has 0 radical (unpaired) electrons. The van der Waals surface area contributed by atoms with Crippen molar-refractivity contribution in [2.75, 3.05) is 6.61 Å². The number of carbonyl (C=O) groups excluding carboxylic acids is 1. The Bertz CT molecular complexity index is 1140. The summed E-state index contributed by atoms with van der Waals surface area (Å²) in [5, 5.41) is 5.23. The quantitative estimate of drug-likeness (QED) is 0.286. The molecule has 0 aliphatic carbocycles. The Hall–Kier alpha value is -2.80. The molecule has 3 aromatic carbocycles. The molecule has 5 nitrogen and oxygen atoms in total. The molecule has 0 saturated heterocycles. The summed E-state index contributed by atoms with van der Waals surface area (Å²) >= 11 is 18.5. The number of halogens is 4. The van der Waals surface area contributed by atoms with Crippen molar-refractivity contribution < 1.29 is 18.7 Å². The number of amides is 1. The first-order valence-corrected chi connectivity index (χ1v) is 10.6. The highest BCUT2D eigenvalue weighted by atomic mass is 35.5. The van der Waals surface area contributed by atoms with Gasteiger partial charge in [0.25, 0.3) is 5.91 Å². The highest BCUT2D eigenvalue weighted by molar-refractivity contribution is 6.35. The number of carbonyl (C=O) groups is 1. The average Bonchev–Trinajstić information content (AvgIpc) is 2.75. The SMILES string of the molecule is CCOc1cc(/C=N\NC(=O)c2ccc(F)cc2)cc(Cl)c1OCc1ccc(Cl)cc1Cl. The molecule has 166 valence electrons. The van der Waals surface area contributed by atoms with Crippen LogP contribution >= 0.6 is 34.8 Å². The van der Waals surface area contributed by atoms with Crippen molar-refractivity contribution in [2.45, 2.75) is 13.5 Å². The first kappa shape index (κ1) is 23.9. The van der Waals surface area contributed by atoms with Gasteiger partial charge >= 0.3 is 0 Å². The summed E-state index contributed by atoms with van der Waals surface area (Å²) in [6.45, 7) is 2.38. The molecule has 1 N–H and O–H groups in total. The van der Waals surface area contributed by atoms with Gasteiger partial charge in [-0.2, -0.15) is 5.10 Å². The molecule has 1 amide bonds. The van der Waals surface area contributed by atoms with Gasteiger partial charge in [-0.1, -0.05) is 40.9 Å². The van der Waals surface area contributed by atoms with Gasteiger partial charge in [-0.25, -0.2) is 9.82 Å². The van der Waals surface area contributed by atoms with Crippen LogP contribution in [0.2, 0.25) is 15.1 Å². The van der Waals surface area contributed by atoms with E-state index in [-0.39, 0.29) is 12.2 Å². The molecule has 0 fully saturated rings. The van der Waals surface area contributed by atoms with Gasteiger partial charge in [0.15, 0.2) is 11.5 Å². The van der Waals surface area contributed by atoms with Crippen molar-refractivity contribution in [2.24, 2.45) is 5.10 Å². The molecular formula is C23H18Cl3FN2O3. The van der Waals surface area contributed by atoms with Crippen LogP contribution < -0.4 is 14.9 Å². The van der Waals surface area contributed by atoms with Crippen LogP contribution in [0.4, 0.5) is 4.39 Å². The van der Waals surface area contributed by atoms with Gasteiger partial charge in [-0.3, -0.25) is 4.79 Å². The molecular weight excluding hydrogens is 478 g/mol. The Kier molecular flexibility index (Phi) is 8.33. The first-order valence-electron chi connectivity index (χ1n) is 9.49. The van der Waals surface area contributed by atoms with E-state index in [9.17, 15) is 9.18 Å². The van der Waals surface area contributed by atoms with E-state index in [2.05, 4.69) is 10.5 Å².